The number of cyclic esters (lactones) is 1. The molecule has 84 valence electrons. The van der Waals surface area contributed by atoms with E-state index in [2.05, 4.69) is 0 Å². The van der Waals surface area contributed by atoms with Gasteiger partial charge in [0.25, 0.3) is 0 Å². The standard InChI is InChI=1S/C12H14N2O2/c13-10-4-2-1-3-9(10)11-7-14(8-5-6-8)12(15)16-11/h1-4,8,11H,5-7,13H2. The van der Waals surface area contributed by atoms with Gasteiger partial charge in [0.1, 0.15) is 6.10 Å². The average Bonchev–Trinajstić information content (AvgIpc) is 3.03. The average molecular weight is 218 g/mol. The fourth-order valence-corrected chi connectivity index (χ4v) is 2.13. The van der Waals surface area contributed by atoms with Crippen LogP contribution < -0.4 is 5.73 Å². The quantitative estimate of drug-likeness (QED) is 0.771. The van der Waals surface area contributed by atoms with E-state index in [4.69, 9.17) is 10.5 Å². The lowest BCUT2D eigenvalue weighted by atomic mass is 10.1. The molecule has 2 fully saturated rings. The zero-order valence-corrected chi connectivity index (χ0v) is 8.93. The molecular weight excluding hydrogens is 204 g/mol. The highest BCUT2D eigenvalue weighted by Crippen LogP contribution is 2.36. The van der Waals surface area contributed by atoms with Crippen molar-refractivity contribution >= 4 is 11.8 Å². The van der Waals surface area contributed by atoms with Gasteiger partial charge in [0, 0.05) is 17.3 Å². The van der Waals surface area contributed by atoms with Crippen molar-refractivity contribution in [1.29, 1.82) is 0 Å². The summed E-state index contributed by atoms with van der Waals surface area (Å²) in [7, 11) is 0. The highest BCUT2D eigenvalue weighted by Gasteiger charge is 2.41. The Hall–Kier alpha value is -1.71. The van der Waals surface area contributed by atoms with Crippen LogP contribution in [0, 0.1) is 0 Å². The van der Waals surface area contributed by atoms with Gasteiger partial charge < -0.3 is 15.4 Å². The van der Waals surface area contributed by atoms with Gasteiger partial charge in [0.2, 0.25) is 0 Å². The van der Waals surface area contributed by atoms with E-state index >= 15 is 0 Å². The number of hydrogen-bond acceptors (Lipinski definition) is 3. The largest absolute Gasteiger partial charge is 0.439 e. The molecular formula is C12H14N2O2. The molecule has 1 aromatic rings. The second-order valence-electron chi connectivity index (χ2n) is 4.38. The van der Waals surface area contributed by atoms with Gasteiger partial charge in [0.05, 0.1) is 6.54 Å². The minimum absolute atomic E-state index is 0.198. The van der Waals surface area contributed by atoms with Crippen molar-refractivity contribution in [3.63, 3.8) is 0 Å². The summed E-state index contributed by atoms with van der Waals surface area (Å²) in [5, 5.41) is 0. The Morgan fingerprint density at radius 1 is 1.31 bits per heavy atom. The minimum Gasteiger partial charge on any atom is -0.439 e. The lowest BCUT2D eigenvalue weighted by molar-refractivity contribution is 0.132. The molecule has 1 atom stereocenters. The van der Waals surface area contributed by atoms with E-state index in [0.717, 1.165) is 18.4 Å². The topological polar surface area (TPSA) is 55.6 Å². The van der Waals surface area contributed by atoms with Crippen molar-refractivity contribution in [2.75, 3.05) is 12.3 Å². The van der Waals surface area contributed by atoms with Crippen LogP contribution in [0.4, 0.5) is 10.5 Å². The van der Waals surface area contributed by atoms with E-state index in [0.29, 0.717) is 18.3 Å². The van der Waals surface area contributed by atoms with E-state index in [-0.39, 0.29) is 12.2 Å². The number of anilines is 1. The molecule has 1 aromatic carbocycles. The van der Waals surface area contributed by atoms with E-state index < -0.39 is 0 Å². The summed E-state index contributed by atoms with van der Waals surface area (Å²) in [4.78, 5) is 13.4. The minimum atomic E-state index is -0.200. The van der Waals surface area contributed by atoms with Crippen molar-refractivity contribution in [3.8, 4) is 0 Å². The van der Waals surface area contributed by atoms with E-state index in [1.807, 2.05) is 29.2 Å². The fraction of sp³-hybridized carbons (Fsp3) is 0.417. The predicted molar refractivity (Wildman–Crippen MR) is 59.8 cm³/mol. The van der Waals surface area contributed by atoms with Crippen LogP contribution >= 0.6 is 0 Å². The van der Waals surface area contributed by atoms with E-state index in [1.54, 1.807) is 0 Å². The molecule has 1 aliphatic heterocycles. The first-order valence-electron chi connectivity index (χ1n) is 5.57. The molecule has 1 saturated carbocycles. The number of ether oxygens (including phenoxy) is 1. The smallest absolute Gasteiger partial charge is 0.410 e. The summed E-state index contributed by atoms with van der Waals surface area (Å²) in [6, 6.07) is 7.96. The lowest BCUT2D eigenvalue weighted by Gasteiger charge is -2.12. The molecule has 2 aliphatic rings. The molecule has 1 saturated heterocycles. The summed E-state index contributed by atoms with van der Waals surface area (Å²) in [5.41, 5.74) is 7.48. The van der Waals surface area contributed by atoms with E-state index in [1.165, 1.54) is 0 Å². The van der Waals surface area contributed by atoms with E-state index in [9.17, 15) is 4.79 Å². The SMILES string of the molecule is Nc1ccccc1C1CN(C2CC2)C(=O)O1. The summed E-state index contributed by atoms with van der Waals surface area (Å²) < 4.78 is 5.35. The lowest BCUT2D eigenvalue weighted by Crippen LogP contribution is -2.26. The van der Waals surface area contributed by atoms with Crippen molar-refractivity contribution in [2.45, 2.75) is 25.0 Å². The molecule has 4 heteroatoms. The fourth-order valence-electron chi connectivity index (χ4n) is 2.13. The van der Waals surface area contributed by atoms with Crippen LogP contribution in [0.3, 0.4) is 0 Å². The van der Waals surface area contributed by atoms with Gasteiger partial charge in [-0.3, -0.25) is 0 Å². The Morgan fingerprint density at radius 2 is 2.06 bits per heavy atom. The Balaban J connectivity index is 1.82. The van der Waals surface area contributed by atoms with Gasteiger partial charge in [-0.1, -0.05) is 18.2 Å². The first-order chi connectivity index (χ1) is 7.75. The number of nitrogens with two attached hydrogens (primary N) is 1. The number of benzene rings is 1. The number of amides is 1. The summed E-state index contributed by atoms with van der Waals surface area (Å²) >= 11 is 0. The number of carbonyl (C=O) groups is 1. The van der Waals surface area contributed by atoms with Crippen LogP contribution in [0.2, 0.25) is 0 Å². The summed E-state index contributed by atoms with van der Waals surface area (Å²) in [6.45, 7) is 0.637. The second-order valence-corrected chi connectivity index (χ2v) is 4.38. The Bertz CT molecular complexity index is 429. The highest BCUT2D eigenvalue weighted by molar-refractivity contribution is 5.71. The molecule has 0 bridgehead atoms. The number of para-hydroxylation sites is 1. The molecule has 2 N–H and O–H groups in total. The summed E-state index contributed by atoms with van der Waals surface area (Å²) in [5.74, 6) is 0. The monoisotopic (exact) mass is 218 g/mol. The molecule has 1 amide bonds. The number of nitrogens with zero attached hydrogens (tertiary/aromatic N) is 1. The molecule has 3 rings (SSSR count). The van der Waals surface area contributed by atoms with Crippen LogP contribution in [0.5, 0.6) is 0 Å². The Kier molecular flexibility index (Phi) is 2.02. The van der Waals surface area contributed by atoms with Crippen molar-refractivity contribution in [1.82, 2.24) is 4.90 Å². The molecule has 0 radical (unpaired) electrons. The molecule has 1 aliphatic carbocycles. The van der Waals surface area contributed by atoms with Gasteiger partial charge in [-0.05, 0) is 18.9 Å². The van der Waals surface area contributed by atoms with Gasteiger partial charge in [0.15, 0.2) is 0 Å². The van der Waals surface area contributed by atoms with Gasteiger partial charge >= 0.3 is 6.09 Å². The van der Waals surface area contributed by atoms with Gasteiger partial charge in [-0.2, -0.15) is 0 Å². The number of nitrogen functional groups attached to an aromatic ring is 1. The van der Waals surface area contributed by atoms with Crippen molar-refractivity contribution in [2.24, 2.45) is 0 Å². The third-order valence-corrected chi connectivity index (χ3v) is 3.17. The molecule has 0 aromatic heterocycles. The second kappa shape index (κ2) is 3.40. The number of rotatable bonds is 2. The number of carbonyl (C=O) groups excluding carboxylic acids is 1. The molecule has 4 nitrogen and oxygen atoms in total. The molecule has 0 spiro atoms. The molecule has 1 heterocycles. The third-order valence-electron chi connectivity index (χ3n) is 3.17. The third kappa shape index (κ3) is 1.50. The maximum atomic E-state index is 11.6. The Morgan fingerprint density at radius 3 is 2.75 bits per heavy atom. The van der Waals surface area contributed by atoms with Crippen LogP contribution in [0.15, 0.2) is 24.3 Å². The number of hydrogen-bond donors (Lipinski definition) is 1. The first-order valence-corrected chi connectivity index (χ1v) is 5.57. The van der Waals surface area contributed by atoms with Gasteiger partial charge in [-0.15, -0.1) is 0 Å². The summed E-state index contributed by atoms with van der Waals surface area (Å²) in [6.07, 6.45) is 1.81. The zero-order chi connectivity index (χ0) is 11.1. The van der Waals surface area contributed by atoms with Crippen molar-refractivity contribution in [3.05, 3.63) is 29.8 Å². The van der Waals surface area contributed by atoms with Crippen LogP contribution in [-0.2, 0) is 4.74 Å². The maximum absolute atomic E-state index is 11.6. The van der Waals surface area contributed by atoms with Crippen LogP contribution in [0.1, 0.15) is 24.5 Å². The van der Waals surface area contributed by atoms with Crippen molar-refractivity contribution < 1.29 is 9.53 Å². The maximum Gasteiger partial charge on any atom is 0.410 e. The Labute approximate surface area is 94.0 Å². The van der Waals surface area contributed by atoms with Crippen LogP contribution in [0.25, 0.3) is 0 Å². The predicted octanol–water partition coefficient (Wildman–Crippen LogP) is 1.92. The normalized spacial score (nSPS) is 24.6. The molecule has 1 unspecified atom stereocenters. The first kappa shape index (κ1) is 9.51. The van der Waals surface area contributed by atoms with Gasteiger partial charge in [-0.25, -0.2) is 4.79 Å². The zero-order valence-electron chi connectivity index (χ0n) is 8.93. The van der Waals surface area contributed by atoms with Crippen LogP contribution in [-0.4, -0.2) is 23.6 Å². The molecule has 16 heavy (non-hydrogen) atoms. The highest BCUT2D eigenvalue weighted by atomic mass is 16.6.